The van der Waals surface area contributed by atoms with Crippen LogP contribution in [0.25, 0.3) is 0 Å². The molecule has 0 saturated heterocycles. The van der Waals surface area contributed by atoms with Crippen molar-refractivity contribution in [3.63, 3.8) is 0 Å². The third-order valence-electron chi connectivity index (χ3n) is 6.04. The molecule has 192 valence electrons. The predicted octanol–water partition coefficient (Wildman–Crippen LogP) is 5.52. The molecular weight excluding hydrogens is 513 g/mol. The van der Waals surface area contributed by atoms with Crippen LogP contribution >= 0.6 is 23.2 Å². The molecule has 0 saturated carbocycles. The van der Waals surface area contributed by atoms with Crippen molar-refractivity contribution >= 4 is 35.1 Å². The summed E-state index contributed by atoms with van der Waals surface area (Å²) >= 11 is 12.3. The summed E-state index contributed by atoms with van der Waals surface area (Å²) in [6.07, 6.45) is 1.11. The van der Waals surface area contributed by atoms with Crippen molar-refractivity contribution in [1.82, 2.24) is 15.3 Å². The van der Waals surface area contributed by atoms with Crippen LogP contribution in [0.3, 0.4) is 0 Å². The van der Waals surface area contributed by atoms with Crippen molar-refractivity contribution in [1.29, 1.82) is 0 Å². The van der Waals surface area contributed by atoms with Gasteiger partial charge in [0.05, 0.1) is 30.3 Å². The van der Waals surface area contributed by atoms with Crippen molar-refractivity contribution in [2.75, 3.05) is 13.2 Å². The second-order valence-corrected chi connectivity index (χ2v) is 9.34. The smallest absolute Gasteiger partial charge is 0.336 e. The lowest BCUT2D eigenvalue weighted by Crippen LogP contribution is -2.33. The van der Waals surface area contributed by atoms with Gasteiger partial charge in [-0.25, -0.2) is 14.6 Å². The number of halogens is 2. The third kappa shape index (κ3) is 6.42. The molecule has 0 unspecified atom stereocenters. The van der Waals surface area contributed by atoms with Gasteiger partial charge in [0.2, 0.25) is 0 Å². The first-order chi connectivity index (χ1) is 17.8. The van der Waals surface area contributed by atoms with Gasteiger partial charge in [-0.3, -0.25) is 0 Å². The van der Waals surface area contributed by atoms with E-state index >= 15 is 0 Å². The van der Waals surface area contributed by atoms with Crippen LogP contribution in [-0.2, 0) is 31.9 Å². The largest absolute Gasteiger partial charge is 0.462 e. The zero-order valence-electron chi connectivity index (χ0n) is 20.5. The molecule has 4 rings (SSSR count). The number of rotatable bonds is 9. The van der Waals surface area contributed by atoms with Crippen LogP contribution in [0.5, 0.6) is 0 Å². The number of dihydropyridines is 1. The predicted molar refractivity (Wildman–Crippen MR) is 142 cm³/mol. The zero-order chi connectivity index (χ0) is 26.4. The Hall–Kier alpha value is -3.55. The molecule has 2 aromatic carbocycles. The van der Waals surface area contributed by atoms with Crippen LogP contribution in [0.2, 0.25) is 10.3 Å². The van der Waals surface area contributed by atoms with Gasteiger partial charge in [0.25, 0.3) is 0 Å². The molecule has 1 aromatic heterocycles. The highest BCUT2D eigenvalue weighted by Crippen LogP contribution is 2.39. The number of allylic oxidation sites excluding steroid dienone is 2. The van der Waals surface area contributed by atoms with E-state index in [-0.39, 0.29) is 40.5 Å². The number of hydrogen-bond donors (Lipinski definition) is 2. The van der Waals surface area contributed by atoms with Crippen LogP contribution in [0.4, 0.5) is 0 Å². The van der Waals surface area contributed by atoms with Crippen molar-refractivity contribution in [2.45, 2.75) is 32.6 Å². The second-order valence-electron chi connectivity index (χ2n) is 8.61. The lowest BCUT2D eigenvalue weighted by Gasteiger charge is -2.29. The van der Waals surface area contributed by atoms with Crippen molar-refractivity contribution < 1.29 is 19.1 Å². The Kier molecular flexibility index (Phi) is 8.69. The summed E-state index contributed by atoms with van der Waals surface area (Å²) < 4.78 is 11.3. The maximum atomic E-state index is 13.3. The third-order valence-corrected chi connectivity index (χ3v) is 6.69. The number of esters is 2. The molecule has 0 fully saturated rings. The van der Waals surface area contributed by atoms with E-state index in [9.17, 15) is 9.59 Å². The SMILES string of the molecule is CC1=C(C(=O)OCCc2ccccc2)C(c2nc(Cl)c(Cl)[nH]2)C(C(=O)OCCc2ccccc2)=C(C)N1. The molecule has 0 spiro atoms. The van der Waals surface area contributed by atoms with E-state index in [1.165, 1.54) is 0 Å². The Morgan fingerprint density at radius 1 is 0.811 bits per heavy atom. The number of carbonyl (C=O) groups excluding carboxylic acids is 2. The molecular formula is C28H27Cl2N3O4. The fourth-order valence-electron chi connectivity index (χ4n) is 4.26. The number of aromatic amines is 1. The van der Waals surface area contributed by atoms with Crippen LogP contribution in [-0.4, -0.2) is 35.1 Å². The van der Waals surface area contributed by atoms with Gasteiger partial charge in [0, 0.05) is 24.2 Å². The first-order valence-electron chi connectivity index (χ1n) is 11.9. The summed E-state index contributed by atoms with van der Waals surface area (Å²) in [6, 6.07) is 19.4. The number of aromatic nitrogens is 2. The molecule has 1 aliphatic heterocycles. The first kappa shape index (κ1) is 26.5. The molecule has 0 bridgehead atoms. The maximum absolute atomic E-state index is 13.3. The molecule has 0 radical (unpaired) electrons. The molecule has 3 aromatic rings. The second kappa shape index (κ2) is 12.1. The van der Waals surface area contributed by atoms with E-state index in [1.807, 2.05) is 60.7 Å². The molecule has 2 N–H and O–H groups in total. The molecule has 1 aliphatic rings. The van der Waals surface area contributed by atoms with Gasteiger partial charge in [-0.15, -0.1) is 0 Å². The summed E-state index contributed by atoms with van der Waals surface area (Å²) in [5.74, 6) is -1.80. The fourth-order valence-corrected chi connectivity index (χ4v) is 4.54. The van der Waals surface area contributed by atoms with Gasteiger partial charge >= 0.3 is 11.9 Å². The lowest BCUT2D eigenvalue weighted by molar-refractivity contribution is -0.140. The van der Waals surface area contributed by atoms with E-state index in [1.54, 1.807) is 13.8 Å². The Morgan fingerprint density at radius 2 is 1.27 bits per heavy atom. The maximum Gasteiger partial charge on any atom is 0.336 e. The highest BCUT2D eigenvalue weighted by Gasteiger charge is 2.40. The Morgan fingerprint density at radius 3 is 1.68 bits per heavy atom. The highest BCUT2D eigenvalue weighted by molar-refractivity contribution is 6.40. The average Bonchev–Trinajstić information content (AvgIpc) is 3.22. The number of carbonyl (C=O) groups is 2. The van der Waals surface area contributed by atoms with E-state index in [0.717, 1.165) is 11.1 Å². The molecule has 7 nitrogen and oxygen atoms in total. The lowest BCUT2D eigenvalue weighted by atomic mass is 9.84. The number of nitrogens with zero attached hydrogens (tertiary/aromatic N) is 1. The highest BCUT2D eigenvalue weighted by atomic mass is 35.5. The molecule has 37 heavy (non-hydrogen) atoms. The van der Waals surface area contributed by atoms with Gasteiger partial charge in [-0.2, -0.15) is 0 Å². The van der Waals surface area contributed by atoms with E-state index in [4.69, 9.17) is 32.7 Å². The van der Waals surface area contributed by atoms with Crippen molar-refractivity contribution in [3.8, 4) is 0 Å². The number of nitrogens with one attached hydrogen (secondary N) is 2. The molecule has 2 heterocycles. The van der Waals surface area contributed by atoms with Crippen molar-refractivity contribution in [3.05, 3.63) is 110 Å². The van der Waals surface area contributed by atoms with E-state index in [0.29, 0.717) is 24.2 Å². The van der Waals surface area contributed by atoms with Crippen LogP contribution in [0.15, 0.2) is 83.2 Å². The normalized spacial score (nSPS) is 13.9. The number of imidazole rings is 1. The van der Waals surface area contributed by atoms with Gasteiger partial charge < -0.3 is 19.8 Å². The molecule has 0 amide bonds. The summed E-state index contributed by atoms with van der Waals surface area (Å²) in [5.41, 5.74) is 3.63. The first-order valence-corrected chi connectivity index (χ1v) is 12.6. The number of ether oxygens (including phenoxy) is 2. The van der Waals surface area contributed by atoms with Gasteiger partial charge in [-0.1, -0.05) is 83.9 Å². The van der Waals surface area contributed by atoms with E-state index < -0.39 is 17.9 Å². The number of H-pyrrole nitrogens is 1. The fraction of sp³-hybridized carbons (Fsp3) is 0.250. The minimum Gasteiger partial charge on any atom is -0.462 e. The van der Waals surface area contributed by atoms with Gasteiger partial charge in [0.15, 0.2) is 5.15 Å². The van der Waals surface area contributed by atoms with Crippen molar-refractivity contribution in [2.24, 2.45) is 0 Å². The summed E-state index contributed by atoms with van der Waals surface area (Å²) in [5, 5.41) is 3.28. The van der Waals surface area contributed by atoms with Gasteiger partial charge in [0.1, 0.15) is 11.0 Å². The Labute approximate surface area is 225 Å². The minimum atomic E-state index is -0.903. The zero-order valence-corrected chi connectivity index (χ0v) is 22.0. The quantitative estimate of drug-likeness (QED) is 0.347. The number of hydrogen-bond acceptors (Lipinski definition) is 6. The number of benzene rings is 2. The molecule has 0 aliphatic carbocycles. The Balaban J connectivity index is 1.56. The summed E-state index contributed by atoms with van der Waals surface area (Å²) in [6.45, 7) is 3.83. The monoisotopic (exact) mass is 539 g/mol. The standard InChI is InChI=1S/C28H27Cl2N3O4/c1-17-21(27(34)36-15-13-19-9-5-3-6-10-19)23(26-32-24(29)25(30)33-26)22(18(2)31-17)28(35)37-16-14-20-11-7-4-8-12-20/h3-12,23,31H,13-16H2,1-2H3,(H,32,33). The summed E-state index contributed by atoms with van der Waals surface area (Å²) in [7, 11) is 0. The molecule has 9 heteroatoms. The average molecular weight is 540 g/mol. The van der Waals surface area contributed by atoms with Gasteiger partial charge in [-0.05, 0) is 25.0 Å². The Bertz CT molecular complexity index is 1230. The molecule has 0 atom stereocenters. The minimum absolute atomic E-state index is 0.0408. The summed E-state index contributed by atoms with van der Waals surface area (Å²) in [4.78, 5) is 33.9. The van der Waals surface area contributed by atoms with Crippen LogP contribution in [0, 0.1) is 0 Å². The van der Waals surface area contributed by atoms with E-state index in [2.05, 4.69) is 15.3 Å². The van der Waals surface area contributed by atoms with Crippen LogP contribution < -0.4 is 5.32 Å². The topological polar surface area (TPSA) is 93.3 Å². The van der Waals surface area contributed by atoms with Crippen LogP contribution in [0.1, 0.15) is 36.7 Å².